The van der Waals surface area contributed by atoms with E-state index < -0.39 is 0 Å². The summed E-state index contributed by atoms with van der Waals surface area (Å²) < 4.78 is 8.07. The highest BCUT2D eigenvalue weighted by molar-refractivity contribution is 7.17. The number of piperazine rings is 1. The number of carbonyl (C=O) groups is 1. The maximum atomic E-state index is 12.6. The summed E-state index contributed by atoms with van der Waals surface area (Å²) in [6.07, 6.45) is 6.81. The van der Waals surface area contributed by atoms with E-state index in [0.29, 0.717) is 38.2 Å². The highest BCUT2D eigenvalue weighted by Gasteiger charge is 2.55. The number of likely N-dealkylation sites (tertiary alicyclic amines) is 1. The number of nitriles is 1. The number of thiophene rings is 1. The minimum Gasteiger partial charge on any atom is -0.455 e. The molecule has 1 aromatic carbocycles. The number of nitrogens with zero attached hydrogens (tertiary/aromatic N) is 7. The minimum atomic E-state index is -0.220. The van der Waals surface area contributed by atoms with Gasteiger partial charge in [-0.25, -0.2) is 0 Å². The van der Waals surface area contributed by atoms with Crippen molar-refractivity contribution in [2.75, 3.05) is 49.6 Å². The average molecular weight is 584 g/mol. The standard InChI is InChI=1S/C32H37N7O2S/c1-3-29(40)39-18-17-38(20-22(39)9-14-33)30-23-10-16-37(26-6-4-7-27-24(26)11-19-42-27)21-25(23)34-31(35-30)41-32(12-13-32)28-8-5-15-36(28)2/h3-4,6-7,11,19,22,28H,1,5,8-10,12-13,15-18,20-21H2,2H3. The van der Waals surface area contributed by atoms with Crippen molar-refractivity contribution in [3.05, 3.63) is 53.6 Å². The first kappa shape index (κ1) is 27.2. The van der Waals surface area contributed by atoms with Crippen molar-refractivity contribution in [1.82, 2.24) is 19.8 Å². The summed E-state index contributed by atoms with van der Waals surface area (Å²) in [7, 11) is 2.20. The number of aromatic nitrogens is 2. The fraction of sp³-hybridized carbons (Fsp3) is 0.500. The van der Waals surface area contributed by atoms with Gasteiger partial charge in [0.2, 0.25) is 5.91 Å². The largest absolute Gasteiger partial charge is 0.455 e. The molecular formula is C32H37N7O2S. The Morgan fingerprint density at radius 1 is 1.21 bits per heavy atom. The van der Waals surface area contributed by atoms with Gasteiger partial charge in [-0.3, -0.25) is 9.69 Å². The summed E-state index contributed by atoms with van der Waals surface area (Å²) >= 11 is 1.77. The van der Waals surface area contributed by atoms with E-state index in [1.807, 2.05) is 0 Å². The Bertz CT molecular complexity index is 1560. The van der Waals surface area contributed by atoms with Crippen molar-refractivity contribution in [1.29, 1.82) is 5.26 Å². The summed E-state index contributed by atoms with van der Waals surface area (Å²) in [5, 5.41) is 13.0. The molecule has 10 heteroatoms. The van der Waals surface area contributed by atoms with Gasteiger partial charge in [0.25, 0.3) is 0 Å². The third kappa shape index (κ3) is 4.78. The van der Waals surface area contributed by atoms with Crippen LogP contribution in [0.3, 0.4) is 0 Å². The number of likely N-dealkylation sites (N-methyl/N-ethyl adjacent to an activating group) is 1. The number of rotatable bonds is 7. The number of hydrogen-bond acceptors (Lipinski definition) is 9. The molecule has 3 aromatic rings. The van der Waals surface area contributed by atoms with Crippen molar-refractivity contribution >= 4 is 38.8 Å². The van der Waals surface area contributed by atoms with E-state index in [2.05, 4.69) is 64.0 Å². The van der Waals surface area contributed by atoms with Gasteiger partial charge >= 0.3 is 6.01 Å². The molecule has 1 aliphatic carbocycles. The second-order valence-corrected chi connectivity index (χ2v) is 13.0. The third-order valence-corrected chi connectivity index (χ3v) is 10.5. The molecule has 0 bridgehead atoms. The van der Waals surface area contributed by atoms with E-state index in [9.17, 15) is 10.1 Å². The molecule has 0 N–H and O–H groups in total. The first-order valence-electron chi connectivity index (χ1n) is 15.0. The van der Waals surface area contributed by atoms with Gasteiger partial charge in [0, 0.05) is 53.6 Å². The molecule has 0 spiro atoms. The average Bonchev–Trinajstić information content (AvgIpc) is 3.37. The van der Waals surface area contributed by atoms with Crippen LogP contribution in [0, 0.1) is 11.3 Å². The second-order valence-electron chi connectivity index (χ2n) is 12.0. The number of fused-ring (bicyclic) bond motifs is 2. The van der Waals surface area contributed by atoms with Crippen LogP contribution in [-0.2, 0) is 17.8 Å². The quantitative estimate of drug-likeness (QED) is 0.379. The lowest BCUT2D eigenvalue weighted by Gasteiger charge is -2.42. The molecule has 1 saturated carbocycles. The zero-order valence-corrected chi connectivity index (χ0v) is 25.0. The van der Waals surface area contributed by atoms with E-state index in [1.165, 1.54) is 28.3 Å². The molecule has 2 saturated heterocycles. The topological polar surface area (TPSA) is 88.8 Å². The fourth-order valence-electron chi connectivity index (χ4n) is 7.27. The maximum Gasteiger partial charge on any atom is 0.319 e. The monoisotopic (exact) mass is 583 g/mol. The molecule has 42 heavy (non-hydrogen) atoms. The number of anilines is 2. The Morgan fingerprint density at radius 2 is 2.10 bits per heavy atom. The predicted molar refractivity (Wildman–Crippen MR) is 165 cm³/mol. The van der Waals surface area contributed by atoms with Crippen LogP contribution in [-0.4, -0.2) is 83.1 Å². The Kier molecular flexibility index (Phi) is 7.03. The van der Waals surface area contributed by atoms with Crippen molar-refractivity contribution in [2.45, 2.75) is 62.8 Å². The Hall–Kier alpha value is -3.68. The molecule has 7 rings (SSSR count). The van der Waals surface area contributed by atoms with Crippen LogP contribution in [0.2, 0.25) is 0 Å². The molecule has 2 atom stereocenters. The Balaban J connectivity index is 1.24. The van der Waals surface area contributed by atoms with Gasteiger partial charge in [0.15, 0.2) is 0 Å². The molecule has 9 nitrogen and oxygen atoms in total. The van der Waals surface area contributed by atoms with Gasteiger partial charge in [-0.2, -0.15) is 15.2 Å². The Labute approximate surface area is 251 Å². The number of benzene rings is 1. The van der Waals surface area contributed by atoms with Gasteiger partial charge in [0.05, 0.1) is 30.8 Å². The lowest BCUT2D eigenvalue weighted by Crippen LogP contribution is -2.55. The smallest absolute Gasteiger partial charge is 0.319 e. The van der Waals surface area contributed by atoms with E-state index >= 15 is 0 Å². The number of amides is 1. The molecule has 0 radical (unpaired) electrons. The molecule has 2 aromatic heterocycles. The molecule has 3 fully saturated rings. The van der Waals surface area contributed by atoms with Crippen molar-refractivity contribution in [3.8, 4) is 12.1 Å². The summed E-state index contributed by atoms with van der Waals surface area (Å²) in [6.45, 7) is 8.03. The van der Waals surface area contributed by atoms with E-state index in [-0.39, 0.29) is 24.0 Å². The van der Waals surface area contributed by atoms with Crippen LogP contribution in [0.1, 0.15) is 43.4 Å². The van der Waals surface area contributed by atoms with Crippen LogP contribution in [0.4, 0.5) is 11.5 Å². The molecular weight excluding hydrogens is 546 g/mol. The molecule has 218 valence electrons. The van der Waals surface area contributed by atoms with Crippen LogP contribution < -0.4 is 14.5 Å². The summed E-state index contributed by atoms with van der Waals surface area (Å²) in [4.78, 5) is 31.6. The van der Waals surface area contributed by atoms with E-state index in [4.69, 9.17) is 14.7 Å². The highest BCUT2D eigenvalue weighted by Crippen LogP contribution is 2.48. The van der Waals surface area contributed by atoms with E-state index in [0.717, 1.165) is 55.8 Å². The first-order chi connectivity index (χ1) is 20.5. The fourth-order valence-corrected chi connectivity index (χ4v) is 8.08. The lowest BCUT2D eigenvalue weighted by molar-refractivity contribution is -0.128. The summed E-state index contributed by atoms with van der Waals surface area (Å²) in [6, 6.07) is 11.6. The SMILES string of the molecule is C=CC(=O)N1CCN(c2nc(OC3(C4CCCN4C)CC3)nc3c2CCN(c2cccc4sccc24)C3)CC1CC#N. The van der Waals surface area contributed by atoms with Gasteiger partial charge in [-0.05, 0) is 75.4 Å². The molecule has 5 heterocycles. The van der Waals surface area contributed by atoms with E-state index in [1.54, 1.807) is 16.2 Å². The van der Waals surface area contributed by atoms with Gasteiger partial charge in [-0.15, -0.1) is 11.3 Å². The van der Waals surface area contributed by atoms with Crippen LogP contribution in [0.25, 0.3) is 10.1 Å². The van der Waals surface area contributed by atoms with Crippen LogP contribution in [0.15, 0.2) is 42.3 Å². The number of carbonyl (C=O) groups excluding carboxylic acids is 1. The van der Waals surface area contributed by atoms with Crippen molar-refractivity contribution < 1.29 is 9.53 Å². The van der Waals surface area contributed by atoms with Gasteiger partial charge in [0.1, 0.15) is 11.4 Å². The number of ether oxygens (including phenoxy) is 1. The lowest BCUT2D eigenvalue weighted by atomic mass is 10.0. The maximum absolute atomic E-state index is 12.6. The van der Waals surface area contributed by atoms with Gasteiger partial charge < -0.3 is 19.4 Å². The normalized spacial score (nSPS) is 23.5. The van der Waals surface area contributed by atoms with Crippen molar-refractivity contribution in [3.63, 3.8) is 0 Å². The van der Waals surface area contributed by atoms with Crippen LogP contribution >= 0.6 is 11.3 Å². The van der Waals surface area contributed by atoms with Gasteiger partial charge in [-0.1, -0.05) is 12.6 Å². The molecule has 2 unspecified atom stereocenters. The molecule has 4 aliphatic rings. The van der Waals surface area contributed by atoms with Crippen LogP contribution in [0.5, 0.6) is 6.01 Å². The zero-order valence-electron chi connectivity index (χ0n) is 24.2. The zero-order chi connectivity index (χ0) is 28.8. The summed E-state index contributed by atoms with van der Waals surface area (Å²) in [5.74, 6) is 0.769. The molecule has 3 aliphatic heterocycles. The van der Waals surface area contributed by atoms with Crippen molar-refractivity contribution in [2.24, 2.45) is 0 Å². The third-order valence-electron chi connectivity index (χ3n) is 9.57. The second kappa shape index (κ2) is 10.9. The Morgan fingerprint density at radius 3 is 2.86 bits per heavy atom. The molecule has 1 amide bonds. The minimum absolute atomic E-state index is 0.127. The highest BCUT2D eigenvalue weighted by atomic mass is 32.1. The predicted octanol–water partition coefficient (Wildman–Crippen LogP) is 4.38. The first-order valence-corrected chi connectivity index (χ1v) is 15.9. The summed E-state index contributed by atoms with van der Waals surface area (Å²) in [5.41, 5.74) is 3.17. The number of hydrogen-bond donors (Lipinski definition) is 0.